The maximum atomic E-state index is 12.1. The summed E-state index contributed by atoms with van der Waals surface area (Å²) in [5.41, 5.74) is 2.68. The number of benzene rings is 1. The number of aromatic nitrogens is 3. The molecular formula is C16H15N5O3S2. The Morgan fingerprint density at radius 1 is 1.19 bits per heavy atom. The van der Waals surface area contributed by atoms with Crippen LogP contribution in [-0.4, -0.2) is 33.2 Å². The van der Waals surface area contributed by atoms with Crippen LogP contribution >= 0.6 is 22.9 Å². The highest BCUT2D eigenvalue weighted by molar-refractivity contribution is 7.20. The molecule has 1 aromatic carbocycles. The molecule has 2 amide bonds. The van der Waals surface area contributed by atoms with Gasteiger partial charge in [-0.1, -0.05) is 45.7 Å². The van der Waals surface area contributed by atoms with E-state index in [9.17, 15) is 9.59 Å². The molecule has 3 rings (SSSR count). The molecule has 0 atom stereocenters. The number of nitrogens with one attached hydrogen (secondary N) is 2. The van der Waals surface area contributed by atoms with Gasteiger partial charge in [0.1, 0.15) is 10.7 Å². The van der Waals surface area contributed by atoms with Crippen LogP contribution in [0.2, 0.25) is 0 Å². The summed E-state index contributed by atoms with van der Waals surface area (Å²) < 4.78 is 8.59. The van der Waals surface area contributed by atoms with Crippen LogP contribution in [-0.2, 0) is 4.74 Å². The maximum Gasteiger partial charge on any atom is 0.412 e. The van der Waals surface area contributed by atoms with Crippen molar-refractivity contribution in [1.29, 1.82) is 0 Å². The van der Waals surface area contributed by atoms with Gasteiger partial charge in [-0.2, -0.15) is 0 Å². The van der Waals surface area contributed by atoms with Crippen molar-refractivity contribution in [3.05, 3.63) is 40.9 Å². The molecule has 2 heterocycles. The monoisotopic (exact) mass is 389 g/mol. The van der Waals surface area contributed by atoms with Gasteiger partial charge >= 0.3 is 6.09 Å². The third-order valence-electron chi connectivity index (χ3n) is 3.26. The highest BCUT2D eigenvalue weighted by Crippen LogP contribution is 2.36. The van der Waals surface area contributed by atoms with Crippen LogP contribution < -0.4 is 10.6 Å². The van der Waals surface area contributed by atoms with E-state index in [0.29, 0.717) is 15.8 Å². The van der Waals surface area contributed by atoms with E-state index in [-0.39, 0.29) is 12.3 Å². The van der Waals surface area contributed by atoms with Crippen LogP contribution in [0.25, 0.3) is 11.3 Å². The van der Waals surface area contributed by atoms with Crippen molar-refractivity contribution in [3.8, 4) is 11.3 Å². The Morgan fingerprint density at radius 2 is 1.96 bits per heavy atom. The van der Waals surface area contributed by atoms with Crippen LogP contribution in [0.15, 0.2) is 29.6 Å². The second-order valence-corrected chi connectivity index (χ2v) is 6.76. The molecule has 26 heavy (non-hydrogen) atoms. The fraction of sp³-hybridized carbons (Fsp3) is 0.188. The van der Waals surface area contributed by atoms with Gasteiger partial charge < -0.3 is 4.74 Å². The largest absolute Gasteiger partial charge is 0.450 e. The first-order valence-corrected chi connectivity index (χ1v) is 9.32. The minimum absolute atomic E-state index is 0.210. The van der Waals surface area contributed by atoms with Gasteiger partial charge in [-0.3, -0.25) is 15.4 Å². The van der Waals surface area contributed by atoms with Gasteiger partial charge in [-0.15, -0.1) is 5.10 Å². The van der Waals surface area contributed by atoms with Gasteiger partial charge in [0.05, 0.1) is 6.61 Å². The van der Waals surface area contributed by atoms with Crippen LogP contribution in [0.4, 0.5) is 14.9 Å². The minimum atomic E-state index is -0.578. The normalized spacial score (nSPS) is 10.4. The molecule has 2 aromatic heterocycles. The molecule has 0 spiro atoms. The first-order valence-electron chi connectivity index (χ1n) is 7.67. The van der Waals surface area contributed by atoms with Crippen LogP contribution in [0.5, 0.6) is 0 Å². The lowest BCUT2D eigenvalue weighted by Gasteiger charge is -2.05. The lowest BCUT2D eigenvalue weighted by molar-refractivity contribution is 0.102. The number of anilines is 2. The molecular weight excluding hydrogens is 374 g/mol. The van der Waals surface area contributed by atoms with Crippen molar-refractivity contribution in [2.45, 2.75) is 13.8 Å². The van der Waals surface area contributed by atoms with E-state index in [1.54, 1.807) is 12.3 Å². The van der Waals surface area contributed by atoms with E-state index in [0.717, 1.165) is 34.0 Å². The third-order valence-corrected chi connectivity index (χ3v) is 4.65. The molecule has 0 fully saturated rings. The predicted molar refractivity (Wildman–Crippen MR) is 101 cm³/mol. The Hall–Kier alpha value is -2.85. The topological polar surface area (TPSA) is 106 Å². The van der Waals surface area contributed by atoms with E-state index in [1.165, 1.54) is 0 Å². The van der Waals surface area contributed by atoms with Crippen molar-refractivity contribution in [3.63, 3.8) is 0 Å². The summed E-state index contributed by atoms with van der Waals surface area (Å²) in [5, 5.41) is 11.4. The SMILES string of the molecule is CCOC(=O)Nc1sc(NC(=O)c2csnn2)nc1-c1ccc(C)cc1. The van der Waals surface area contributed by atoms with Crippen LogP contribution in [0.3, 0.4) is 0 Å². The standard InChI is InChI=1S/C16H15N5O3S2/c1-3-24-16(23)19-14-12(10-6-4-9(2)5-7-10)17-15(26-14)18-13(22)11-8-25-21-20-11/h4-8H,3H2,1-2H3,(H,19,23)(H,17,18,22). The molecule has 0 saturated carbocycles. The highest BCUT2D eigenvalue weighted by Gasteiger charge is 2.18. The Bertz CT molecular complexity index is 907. The summed E-state index contributed by atoms with van der Waals surface area (Å²) in [6, 6.07) is 7.69. The Morgan fingerprint density at radius 3 is 2.62 bits per heavy atom. The molecule has 134 valence electrons. The van der Waals surface area contributed by atoms with Gasteiger partial charge in [0.25, 0.3) is 5.91 Å². The number of hydrogen-bond acceptors (Lipinski definition) is 8. The second kappa shape index (κ2) is 8.02. The van der Waals surface area contributed by atoms with Crippen molar-refractivity contribution in [2.75, 3.05) is 17.2 Å². The quantitative estimate of drug-likeness (QED) is 0.688. The lowest BCUT2D eigenvalue weighted by atomic mass is 10.1. The zero-order chi connectivity index (χ0) is 18.5. The first-order chi connectivity index (χ1) is 12.6. The molecule has 0 bridgehead atoms. The van der Waals surface area contributed by atoms with Crippen LogP contribution in [0.1, 0.15) is 23.0 Å². The summed E-state index contributed by atoms with van der Waals surface area (Å²) in [6.07, 6.45) is -0.578. The first kappa shape index (κ1) is 18.0. The molecule has 0 aliphatic heterocycles. The number of ether oxygens (including phenoxy) is 1. The fourth-order valence-electron chi connectivity index (χ4n) is 2.05. The molecule has 0 unspecified atom stereocenters. The third kappa shape index (κ3) is 4.21. The Kier molecular flexibility index (Phi) is 5.54. The van der Waals surface area contributed by atoms with Crippen molar-refractivity contribution in [1.82, 2.24) is 14.6 Å². The zero-order valence-corrected chi connectivity index (χ0v) is 15.6. The van der Waals surface area contributed by atoms with E-state index < -0.39 is 12.0 Å². The number of amides is 2. The lowest BCUT2D eigenvalue weighted by Crippen LogP contribution is -2.12. The number of thiazole rings is 1. The van der Waals surface area contributed by atoms with Crippen LogP contribution in [0, 0.1) is 6.92 Å². The molecule has 10 heteroatoms. The second-order valence-electron chi connectivity index (χ2n) is 5.15. The number of carbonyl (C=O) groups excluding carboxylic acids is 2. The van der Waals surface area contributed by atoms with Gasteiger partial charge in [0.2, 0.25) is 0 Å². The number of nitrogens with zero attached hydrogens (tertiary/aromatic N) is 3. The highest BCUT2D eigenvalue weighted by atomic mass is 32.1. The molecule has 0 saturated heterocycles. The van der Waals surface area contributed by atoms with Gasteiger partial charge in [-0.05, 0) is 25.4 Å². The molecule has 0 aliphatic rings. The van der Waals surface area contributed by atoms with Gasteiger partial charge in [0.15, 0.2) is 10.8 Å². The van der Waals surface area contributed by atoms with E-state index >= 15 is 0 Å². The predicted octanol–water partition coefficient (Wildman–Crippen LogP) is 3.79. The van der Waals surface area contributed by atoms with Crippen molar-refractivity contribution >= 4 is 45.0 Å². The molecule has 3 aromatic rings. The van der Waals surface area contributed by atoms with Crippen molar-refractivity contribution < 1.29 is 14.3 Å². The van der Waals surface area contributed by atoms with E-state index in [4.69, 9.17) is 4.74 Å². The van der Waals surface area contributed by atoms with Gasteiger partial charge in [0, 0.05) is 10.9 Å². The summed E-state index contributed by atoms with van der Waals surface area (Å²) >= 11 is 2.22. The number of rotatable bonds is 5. The van der Waals surface area contributed by atoms with Gasteiger partial charge in [-0.25, -0.2) is 9.78 Å². The summed E-state index contributed by atoms with van der Waals surface area (Å²) in [6.45, 7) is 3.96. The Balaban J connectivity index is 1.90. The average molecular weight is 389 g/mol. The molecule has 0 aliphatic carbocycles. The summed E-state index contributed by atoms with van der Waals surface area (Å²) in [5.74, 6) is -0.411. The van der Waals surface area contributed by atoms with Crippen molar-refractivity contribution in [2.24, 2.45) is 0 Å². The molecule has 2 N–H and O–H groups in total. The zero-order valence-electron chi connectivity index (χ0n) is 14.0. The van der Waals surface area contributed by atoms with E-state index in [2.05, 4.69) is 25.2 Å². The Labute approximate surface area is 157 Å². The molecule has 8 nitrogen and oxygen atoms in total. The number of carbonyl (C=O) groups is 2. The van der Waals surface area contributed by atoms with E-state index in [1.807, 2.05) is 31.2 Å². The summed E-state index contributed by atoms with van der Waals surface area (Å²) in [7, 11) is 0. The summed E-state index contributed by atoms with van der Waals surface area (Å²) in [4.78, 5) is 28.4. The number of hydrogen-bond donors (Lipinski definition) is 2. The fourth-order valence-corrected chi connectivity index (χ4v) is 3.35. The number of aryl methyl sites for hydroxylation is 1. The molecule has 0 radical (unpaired) electrons. The minimum Gasteiger partial charge on any atom is -0.450 e. The maximum absolute atomic E-state index is 12.1. The average Bonchev–Trinajstić information content (AvgIpc) is 3.26. The smallest absolute Gasteiger partial charge is 0.412 e.